The number of nitrogen functional groups attached to an aromatic ring is 1. The highest BCUT2D eigenvalue weighted by Gasteiger charge is 2.26. The standard InChI is InChI=1S/C21H27FN6OS/c1-26(12-14-4-6-15(22)7-5-14)13-17-9-8-16(29-17)11-25-20-18(10-23)19(24)27(2)21(30)28(20)3/h4-7,16-17H,8-9,11-13,24H2,1-3H3. The van der Waals surface area contributed by atoms with Gasteiger partial charge in [-0.2, -0.15) is 5.26 Å². The number of nitrogens with two attached hydrogens (primary N) is 1. The minimum absolute atomic E-state index is 0.00971. The predicted molar refractivity (Wildman–Crippen MR) is 115 cm³/mol. The Morgan fingerprint density at radius 2 is 1.93 bits per heavy atom. The first kappa shape index (κ1) is 22.2. The lowest BCUT2D eigenvalue weighted by atomic mass is 10.1. The minimum Gasteiger partial charge on any atom is -0.384 e. The molecule has 1 fully saturated rings. The molecule has 1 aliphatic heterocycles. The molecule has 0 saturated carbocycles. The van der Waals surface area contributed by atoms with Gasteiger partial charge in [-0.25, -0.2) is 4.39 Å². The molecule has 1 aromatic carbocycles. The smallest absolute Gasteiger partial charge is 0.182 e. The monoisotopic (exact) mass is 430 g/mol. The van der Waals surface area contributed by atoms with Crippen LogP contribution in [0.2, 0.25) is 0 Å². The number of likely N-dealkylation sites (N-methyl/N-ethyl adjacent to an activating group) is 1. The van der Waals surface area contributed by atoms with E-state index in [4.69, 9.17) is 22.7 Å². The van der Waals surface area contributed by atoms with Crippen LogP contribution in [0.5, 0.6) is 0 Å². The van der Waals surface area contributed by atoms with Crippen molar-refractivity contribution in [3.05, 3.63) is 51.5 Å². The summed E-state index contributed by atoms with van der Waals surface area (Å²) in [7, 11) is 5.54. The summed E-state index contributed by atoms with van der Waals surface area (Å²) in [6, 6.07) is 8.69. The Morgan fingerprint density at radius 3 is 2.60 bits per heavy atom. The number of halogens is 1. The van der Waals surface area contributed by atoms with Crippen molar-refractivity contribution in [3.63, 3.8) is 0 Å². The molecule has 9 heteroatoms. The maximum Gasteiger partial charge on any atom is 0.182 e. The third-order valence-electron chi connectivity index (χ3n) is 5.37. The Balaban J connectivity index is 1.62. The fraction of sp³-hybridized carbons (Fsp3) is 0.476. The second kappa shape index (κ2) is 9.51. The van der Waals surface area contributed by atoms with Gasteiger partial charge in [0.05, 0.1) is 18.8 Å². The first-order chi connectivity index (χ1) is 14.3. The molecule has 2 aromatic rings. The van der Waals surface area contributed by atoms with E-state index in [-0.39, 0.29) is 18.0 Å². The largest absolute Gasteiger partial charge is 0.384 e. The summed E-state index contributed by atoms with van der Waals surface area (Å²) in [6.45, 7) is 1.97. The highest BCUT2D eigenvalue weighted by atomic mass is 32.1. The number of anilines is 1. The molecule has 2 unspecified atom stereocenters. The van der Waals surface area contributed by atoms with E-state index < -0.39 is 0 Å². The van der Waals surface area contributed by atoms with Crippen LogP contribution in [0.25, 0.3) is 0 Å². The summed E-state index contributed by atoms with van der Waals surface area (Å²) in [5.41, 5.74) is 7.91. The Morgan fingerprint density at radius 1 is 1.27 bits per heavy atom. The van der Waals surface area contributed by atoms with E-state index in [1.807, 2.05) is 7.05 Å². The summed E-state index contributed by atoms with van der Waals surface area (Å²) >= 11 is 5.37. The SMILES string of the molecule is CN(Cc1ccc(F)cc1)CC1CCC(CN=c2c(C#N)c(N)n(C)c(=S)n2C)O1. The lowest BCUT2D eigenvalue weighted by molar-refractivity contribution is 0.0304. The summed E-state index contributed by atoms with van der Waals surface area (Å²) in [5, 5.41) is 9.50. The zero-order valence-electron chi connectivity index (χ0n) is 17.5. The average Bonchev–Trinajstić information content (AvgIpc) is 3.16. The predicted octanol–water partition coefficient (Wildman–Crippen LogP) is 2.27. The fourth-order valence-electron chi connectivity index (χ4n) is 3.71. The van der Waals surface area contributed by atoms with E-state index in [1.54, 1.807) is 35.4 Å². The molecular formula is C21H27FN6OS. The summed E-state index contributed by atoms with van der Waals surface area (Å²) in [4.78, 5) is 6.79. The molecule has 0 spiro atoms. The number of rotatable bonds is 6. The van der Waals surface area contributed by atoms with Crippen molar-refractivity contribution in [3.8, 4) is 6.07 Å². The van der Waals surface area contributed by atoms with Crippen LogP contribution < -0.4 is 11.2 Å². The van der Waals surface area contributed by atoms with Gasteiger partial charge in [0.25, 0.3) is 0 Å². The van der Waals surface area contributed by atoms with Crippen molar-refractivity contribution in [1.29, 1.82) is 5.26 Å². The average molecular weight is 431 g/mol. The molecule has 0 aliphatic carbocycles. The van der Waals surface area contributed by atoms with Crippen LogP contribution >= 0.6 is 12.2 Å². The Bertz CT molecular complexity index is 1070. The van der Waals surface area contributed by atoms with Crippen LogP contribution in [0.1, 0.15) is 24.0 Å². The zero-order valence-corrected chi connectivity index (χ0v) is 18.3. The molecule has 160 valence electrons. The van der Waals surface area contributed by atoms with Gasteiger partial charge in [0.2, 0.25) is 0 Å². The van der Waals surface area contributed by atoms with Crippen molar-refractivity contribution >= 4 is 18.0 Å². The molecule has 2 heterocycles. The zero-order chi connectivity index (χ0) is 21.8. The van der Waals surface area contributed by atoms with Gasteiger partial charge in [0.15, 0.2) is 10.3 Å². The van der Waals surface area contributed by atoms with Crippen molar-refractivity contribution in [2.24, 2.45) is 19.1 Å². The molecular weight excluding hydrogens is 403 g/mol. The molecule has 3 rings (SSSR count). The highest BCUT2D eigenvalue weighted by Crippen LogP contribution is 2.21. The topological polar surface area (TPSA) is 84.5 Å². The molecule has 0 radical (unpaired) electrons. The van der Waals surface area contributed by atoms with Gasteiger partial charge >= 0.3 is 0 Å². The van der Waals surface area contributed by atoms with E-state index >= 15 is 0 Å². The number of benzene rings is 1. The number of hydrogen-bond acceptors (Lipinski definition) is 6. The number of nitriles is 1. The van der Waals surface area contributed by atoms with Crippen molar-refractivity contribution in [2.75, 3.05) is 25.9 Å². The number of nitrogens with zero attached hydrogens (tertiary/aromatic N) is 5. The maximum atomic E-state index is 13.1. The molecule has 1 aliphatic rings. The lowest BCUT2D eigenvalue weighted by Gasteiger charge is -2.21. The Hall–Kier alpha value is -2.54. The number of aromatic nitrogens is 2. The summed E-state index contributed by atoms with van der Waals surface area (Å²) in [6.07, 6.45) is 1.96. The first-order valence-corrected chi connectivity index (χ1v) is 10.3. The quantitative estimate of drug-likeness (QED) is 0.711. The summed E-state index contributed by atoms with van der Waals surface area (Å²) in [5.74, 6) is 0.0872. The fourth-order valence-corrected chi connectivity index (χ4v) is 3.90. The highest BCUT2D eigenvalue weighted by molar-refractivity contribution is 7.71. The number of ether oxygens (including phenoxy) is 1. The van der Waals surface area contributed by atoms with Crippen molar-refractivity contribution < 1.29 is 9.13 Å². The van der Waals surface area contributed by atoms with Gasteiger partial charge in [0, 0.05) is 27.2 Å². The maximum absolute atomic E-state index is 13.1. The van der Waals surface area contributed by atoms with Gasteiger partial charge in [-0.05, 0) is 49.8 Å². The molecule has 30 heavy (non-hydrogen) atoms. The van der Waals surface area contributed by atoms with Gasteiger partial charge in [-0.15, -0.1) is 0 Å². The van der Waals surface area contributed by atoms with Crippen LogP contribution in [0, 0.1) is 21.9 Å². The van der Waals surface area contributed by atoms with Crippen LogP contribution in [0.3, 0.4) is 0 Å². The molecule has 1 aromatic heterocycles. The summed E-state index contributed by atoms with van der Waals surface area (Å²) < 4.78 is 23.0. The normalized spacial score (nSPS) is 19.4. The Kier molecular flexibility index (Phi) is 7.02. The van der Waals surface area contributed by atoms with E-state index in [2.05, 4.69) is 16.0 Å². The second-order valence-corrected chi connectivity index (χ2v) is 8.08. The van der Waals surface area contributed by atoms with Gasteiger partial charge in [-0.3, -0.25) is 9.89 Å². The third-order valence-corrected chi connectivity index (χ3v) is 5.91. The molecule has 7 nitrogen and oxygen atoms in total. The van der Waals surface area contributed by atoms with E-state index in [1.165, 1.54) is 12.1 Å². The van der Waals surface area contributed by atoms with E-state index in [0.29, 0.717) is 28.2 Å². The second-order valence-electron chi connectivity index (χ2n) is 7.72. The van der Waals surface area contributed by atoms with Crippen LogP contribution in [-0.2, 0) is 25.4 Å². The van der Waals surface area contributed by atoms with Gasteiger partial charge in [-0.1, -0.05) is 12.1 Å². The third kappa shape index (κ3) is 4.95. The number of hydrogen-bond donors (Lipinski definition) is 1. The van der Waals surface area contributed by atoms with Crippen LogP contribution in [0.15, 0.2) is 29.3 Å². The van der Waals surface area contributed by atoms with Crippen LogP contribution in [-0.4, -0.2) is 46.4 Å². The van der Waals surface area contributed by atoms with Gasteiger partial charge in [0.1, 0.15) is 23.3 Å². The molecule has 0 amide bonds. The molecule has 1 saturated heterocycles. The van der Waals surface area contributed by atoms with Gasteiger partial charge < -0.3 is 19.6 Å². The van der Waals surface area contributed by atoms with E-state index in [9.17, 15) is 9.65 Å². The van der Waals surface area contributed by atoms with Crippen molar-refractivity contribution in [2.45, 2.75) is 31.6 Å². The Labute approximate surface area is 180 Å². The first-order valence-electron chi connectivity index (χ1n) is 9.84. The van der Waals surface area contributed by atoms with Crippen molar-refractivity contribution in [1.82, 2.24) is 14.0 Å². The lowest BCUT2D eigenvalue weighted by Crippen LogP contribution is -2.31. The molecule has 2 atom stereocenters. The molecule has 2 N–H and O–H groups in total. The molecule has 0 bridgehead atoms. The minimum atomic E-state index is -0.225. The van der Waals surface area contributed by atoms with E-state index in [0.717, 1.165) is 31.5 Å². The van der Waals surface area contributed by atoms with Crippen LogP contribution in [0.4, 0.5) is 10.2 Å².